The van der Waals surface area contributed by atoms with E-state index < -0.39 is 5.97 Å². The molecule has 1 aliphatic rings. The summed E-state index contributed by atoms with van der Waals surface area (Å²) in [6, 6.07) is 7.40. The minimum absolute atomic E-state index is 0.0904. The second-order valence-electron chi connectivity index (χ2n) is 5.84. The van der Waals surface area contributed by atoms with Gasteiger partial charge in [0.2, 0.25) is 5.91 Å². The molecule has 20 heavy (non-hydrogen) atoms. The number of aryl methyl sites for hydroxylation is 1. The lowest BCUT2D eigenvalue weighted by atomic mass is 10.0. The smallest absolute Gasteiger partial charge is 0.303 e. The Hall–Kier alpha value is -1.84. The normalized spacial score (nSPS) is 24.2. The van der Waals surface area contributed by atoms with E-state index in [4.69, 9.17) is 5.11 Å². The van der Waals surface area contributed by atoms with Crippen molar-refractivity contribution in [3.8, 4) is 0 Å². The Labute approximate surface area is 119 Å². The number of hydrogen-bond donors (Lipinski definition) is 2. The first-order valence-corrected chi connectivity index (χ1v) is 7.06. The summed E-state index contributed by atoms with van der Waals surface area (Å²) in [6.07, 6.45) is 2.63. The maximum atomic E-state index is 12.1. The third kappa shape index (κ3) is 3.38. The van der Waals surface area contributed by atoms with E-state index in [1.807, 2.05) is 24.3 Å². The Balaban J connectivity index is 1.88. The number of nitrogens with one attached hydrogen (secondary N) is 1. The van der Waals surface area contributed by atoms with Crippen LogP contribution in [0.4, 0.5) is 5.69 Å². The monoisotopic (exact) mass is 275 g/mol. The molecule has 4 heteroatoms. The second kappa shape index (κ2) is 5.65. The first-order chi connectivity index (χ1) is 9.44. The molecule has 108 valence electrons. The number of hydrogen-bond acceptors (Lipinski definition) is 2. The predicted molar refractivity (Wildman–Crippen MR) is 77.5 cm³/mol. The fraction of sp³-hybridized carbons (Fsp3) is 0.500. The van der Waals surface area contributed by atoms with Crippen molar-refractivity contribution < 1.29 is 14.7 Å². The summed E-state index contributed by atoms with van der Waals surface area (Å²) in [6.45, 7) is 4.26. The highest BCUT2D eigenvalue weighted by atomic mass is 16.4. The van der Waals surface area contributed by atoms with E-state index in [2.05, 4.69) is 19.2 Å². The van der Waals surface area contributed by atoms with Crippen LogP contribution in [0.3, 0.4) is 0 Å². The Bertz CT molecular complexity index is 509. The van der Waals surface area contributed by atoms with Crippen molar-refractivity contribution in [3.63, 3.8) is 0 Å². The first kappa shape index (κ1) is 14.6. The third-order valence-corrected chi connectivity index (χ3v) is 4.32. The lowest BCUT2D eigenvalue weighted by Crippen LogP contribution is -2.17. The highest BCUT2D eigenvalue weighted by Crippen LogP contribution is 2.55. The summed E-state index contributed by atoms with van der Waals surface area (Å²) in [5.41, 5.74) is 1.92. The van der Waals surface area contributed by atoms with Gasteiger partial charge in [-0.3, -0.25) is 9.59 Å². The minimum atomic E-state index is -0.796. The van der Waals surface area contributed by atoms with Gasteiger partial charge >= 0.3 is 5.97 Å². The lowest BCUT2D eigenvalue weighted by molar-refractivity contribution is -0.137. The van der Waals surface area contributed by atoms with Gasteiger partial charge in [0.15, 0.2) is 0 Å². The molecule has 0 bridgehead atoms. The van der Waals surface area contributed by atoms with Crippen LogP contribution in [0.2, 0.25) is 0 Å². The second-order valence-corrected chi connectivity index (χ2v) is 5.84. The van der Waals surface area contributed by atoms with E-state index in [0.717, 1.165) is 24.1 Å². The van der Waals surface area contributed by atoms with Gasteiger partial charge in [-0.1, -0.05) is 26.0 Å². The summed E-state index contributed by atoms with van der Waals surface area (Å²) in [4.78, 5) is 22.6. The first-order valence-electron chi connectivity index (χ1n) is 7.06. The summed E-state index contributed by atoms with van der Waals surface area (Å²) >= 11 is 0. The minimum Gasteiger partial charge on any atom is -0.481 e. The maximum Gasteiger partial charge on any atom is 0.303 e. The van der Waals surface area contributed by atoms with Crippen molar-refractivity contribution in [2.75, 3.05) is 5.32 Å². The Morgan fingerprint density at radius 2 is 2.00 bits per heavy atom. The van der Waals surface area contributed by atoms with Crippen LogP contribution < -0.4 is 5.32 Å². The number of anilines is 1. The molecule has 1 aromatic rings. The van der Waals surface area contributed by atoms with Crippen LogP contribution in [0.1, 0.15) is 38.7 Å². The van der Waals surface area contributed by atoms with Crippen LogP contribution in [-0.4, -0.2) is 17.0 Å². The Morgan fingerprint density at radius 1 is 1.35 bits per heavy atom. The fourth-order valence-electron chi connectivity index (χ4n) is 2.44. The largest absolute Gasteiger partial charge is 0.481 e. The maximum absolute atomic E-state index is 12.1. The number of carbonyl (C=O) groups is 2. The van der Waals surface area contributed by atoms with Crippen molar-refractivity contribution in [1.82, 2.24) is 0 Å². The van der Waals surface area contributed by atoms with E-state index in [9.17, 15) is 9.59 Å². The molecule has 2 N–H and O–H groups in total. The molecule has 2 unspecified atom stereocenters. The topological polar surface area (TPSA) is 66.4 Å². The molecule has 1 fully saturated rings. The average molecular weight is 275 g/mol. The molecule has 0 heterocycles. The van der Waals surface area contributed by atoms with Crippen molar-refractivity contribution in [2.45, 2.75) is 39.5 Å². The molecule has 1 amide bonds. The van der Waals surface area contributed by atoms with Crippen LogP contribution in [0.25, 0.3) is 0 Å². The van der Waals surface area contributed by atoms with Gasteiger partial charge in [-0.15, -0.1) is 0 Å². The van der Waals surface area contributed by atoms with Crippen LogP contribution in [0, 0.1) is 11.3 Å². The van der Waals surface area contributed by atoms with E-state index in [1.165, 1.54) is 0 Å². The summed E-state index contributed by atoms with van der Waals surface area (Å²) in [5.74, 6) is -0.582. The van der Waals surface area contributed by atoms with Gasteiger partial charge in [0, 0.05) is 18.0 Å². The van der Waals surface area contributed by atoms with Crippen LogP contribution in [0.15, 0.2) is 24.3 Å². The lowest BCUT2D eigenvalue weighted by Gasteiger charge is -2.09. The fourth-order valence-corrected chi connectivity index (χ4v) is 2.44. The zero-order valence-corrected chi connectivity index (χ0v) is 12.0. The van der Waals surface area contributed by atoms with E-state index in [0.29, 0.717) is 6.42 Å². The molecule has 0 aliphatic heterocycles. The Morgan fingerprint density at radius 3 is 2.50 bits per heavy atom. The molecule has 0 saturated heterocycles. The summed E-state index contributed by atoms with van der Waals surface area (Å²) < 4.78 is 0. The van der Waals surface area contributed by atoms with Crippen LogP contribution in [0.5, 0.6) is 0 Å². The average Bonchev–Trinajstić information content (AvgIpc) is 3.11. The molecule has 1 aliphatic carbocycles. The highest BCUT2D eigenvalue weighted by Gasteiger charge is 2.52. The number of benzene rings is 1. The molecule has 0 aromatic heterocycles. The van der Waals surface area contributed by atoms with Crippen molar-refractivity contribution in [1.29, 1.82) is 0 Å². The van der Waals surface area contributed by atoms with Crippen molar-refractivity contribution in [3.05, 3.63) is 29.8 Å². The van der Waals surface area contributed by atoms with Crippen LogP contribution in [-0.2, 0) is 16.0 Å². The van der Waals surface area contributed by atoms with Gasteiger partial charge in [0.25, 0.3) is 0 Å². The molecule has 1 saturated carbocycles. The van der Waals surface area contributed by atoms with Gasteiger partial charge in [-0.25, -0.2) is 0 Å². The number of carboxylic acid groups (broad SMARTS) is 1. The Kier molecular flexibility index (Phi) is 4.12. The zero-order valence-electron chi connectivity index (χ0n) is 12.0. The summed E-state index contributed by atoms with van der Waals surface area (Å²) in [7, 11) is 0. The third-order valence-electron chi connectivity index (χ3n) is 4.32. The van der Waals surface area contributed by atoms with Gasteiger partial charge in [-0.2, -0.15) is 0 Å². The van der Waals surface area contributed by atoms with Gasteiger partial charge < -0.3 is 10.4 Å². The van der Waals surface area contributed by atoms with E-state index >= 15 is 0 Å². The quantitative estimate of drug-likeness (QED) is 0.838. The van der Waals surface area contributed by atoms with E-state index in [1.54, 1.807) is 0 Å². The molecule has 4 nitrogen and oxygen atoms in total. The number of amides is 1. The number of carbonyl (C=O) groups excluding carboxylic acids is 1. The van der Waals surface area contributed by atoms with Crippen LogP contribution >= 0.6 is 0 Å². The predicted octanol–water partition coefficient (Wildman–Crippen LogP) is 3.08. The van der Waals surface area contributed by atoms with Crippen molar-refractivity contribution >= 4 is 17.6 Å². The molecule has 1 aromatic carbocycles. The number of aliphatic carboxylic acids is 1. The zero-order chi connectivity index (χ0) is 14.8. The molecular weight excluding hydrogens is 254 g/mol. The van der Waals surface area contributed by atoms with Gasteiger partial charge in [0.1, 0.15) is 0 Å². The molecule has 2 rings (SSSR count). The van der Waals surface area contributed by atoms with Gasteiger partial charge in [0.05, 0.1) is 0 Å². The highest BCUT2D eigenvalue weighted by molar-refractivity contribution is 5.95. The SMILES string of the molecule is CCC1(C)CC1C(=O)Nc1ccc(CCC(=O)O)cc1. The van der Waals surface area contributed by atoms with E-state index in [-0.39, 0.29) is 23.7 Å². The van der Waals surface area contributed by atoms with Crippen molar-refractivity contribution in [2.24, 2.45) is 11.3 Å². The molecule has 0 spiro atoms. The molecule has 2 atom stereocenters. The number of carboxylic acids is 1. The number of rotatable bonds is 6. The molecule has 0 radical (unpaired) electrons. The molecular formula is C16H21NO3. The summed E-state index contributed by atoms with van der Waals surface area (Å²) in [5, 5.41) is 11.6. The standard InChI is InChI=1S/C16H21NO3/c1-3-16(2)10-13(16)15(20)17-12-7-4-11(5-8-12)6-9-14(18)19/h4-5,7-8,13H,3,6,9-10H2,1-2H3,(H,17,20)(H,18,19). The van der Waals surface area contributed by atoms with Gasteiger partial charge in [-0.05, 0) is 42.4 Å².